The lowest BCUT2D eigenvalue weighted by atomic mass is 10.5. The van der Waals surface area contributed by atoms with Crippen molar-refractivity contribution < 1.29 is 0 Å². The highest BCUT2D eigenvalue weighted by molar-refractivity contribution is 7.98. The molecule has 0 aliphatic heterocycles. The molecule has 0 aromatic rings. The molecule has 3 heteroatoms. The summed E-state index contributed by atoms with van der Waals surface area (Å²) in [4.78, 5) is 0. The predicted octanol–water partition coefficient (Wildman–Crippen LogP) is 1.73. The number of rotatable bonds is 6. The minimum atomic E-state index is 0.615. The lowest BCUT2D eigenvalue weighted by Gasteiger charge is -1.96. The number of halogens is 1. The number of allylic oxidation sites excluding steroid dienone is 1. The Kier molecular flexibility index (Phi) is 9.66. The lowest BCUT2D eigenvalue weighted by Crippen LogP contribution is -2.16. The van der Waals surface area contributed by atoms with Crippen molar-refractivity contribution in [1.29, 1.82) is 0 Å². The first kappa shape index (κ1) is 10.3. The summed E-state index contributed by atoms with van der Waals surface area (Å²) in [6, 6.07) is 0. The van der Waals surface area contributed by atoms with Gasteiger partial charge in [-0.1, -0.05) is 12.2 Å². The van der Waals surface area contributed by atoms with E-state index >= 15 is 0 Å². The molecule has 0 unspecified atom stereocenters. The normalized spacial score (nSPS) is 11.0. The predicted molar refractivity (Wildman–Crippen MR) is 51.1 cm³/mol. The molecule has 10 heavy (non-hydrogen) atoms. The summed E-state index contributed by atoms with van der Waals surface area (Å²) in [6.07, 6.45) is 6.11. The van der Waals surface area contributed by atoms with Gasteiger partial charge in [0.15, 0.2) is 0 Å². The third-order valence-corrected chi connectivity index (χ3v) is 1.79. The van der Waals surface area contributed by atoms with E-state index in [9.17, 15) is 0 Å². The summed E-state index contributed by atoms with van der Waals surface area (Å²) < 4.78 is 0. The minimum Gasteiger partial charge on any atom is -0.312 e. The zero-order chi connectivity index (χ0) is 7.66. The molecule has 60 valence electrons. The second kappa shape index (κ2) is 9.34. The van der Waals surface area contributed by atoms with E-state index in [1.165, 1.54) is 5.75 Å². The number of alkyl halides is 1. The Labute approximate surface area is 72.2 Å². The third kappa shape index (κ3) is 8.34. The standard InChI is InChI=1S/C7H14ClNS/c1-10-7-6-9-5-3-2-4-8/h2-3,9H,4-7H2,1H3/b3-2+. The molecule has 0 aliphatic rings. The fourth-order valence-corrected chi connectivity index (χ4v) is 0.980. The summed E-state index contributed by atoms with van der Waals surface area (Å²) in [6.45, 7) is 2.01. The zero-order valence-electron chi connectivity index (χ0n) is 6.27. The first-order valence-corrected chi connectivity index (χ1v) is 5.25. The summed E-state index contributed by atoms with van der Waals surface area (Å²) >= 11 is 7.28. The average molecular weight is 180 g/mol. The topological polar surface area (TPSA) is 12.0 Å². The molecule has 0 rings (SSSR count). The monoisotopic (exact) mass is 179 g/mol. The van der Waals surface area contributed by atoms with Gasteiger partial charge in [0.25, 0.3) is 0 Å². The van der Waals surface area contributed by atoms with Gasteiger partial charge in [0.1, 0.15) is 0 Å². The molecule has 1 nitrogen and oxygen atoms in total. The molecule has 0 saturated carbocycles. The maximum absolute atomic E-state index is 5.42. The fraction of sp³-hybridized carbons (Fsp3) is 0.714. The molecular weight excluding hydrogens is 166 g/mol. The number of nitrogens with one attached hydrogen (secondary N) is 1. The van der Waals surface area contributed by atoms with E-state index in [-0.39, 0.29) is 0 Å². The second-order valence-electron chi connectivity index (χ2n) is 1.82. The van der Waals surface area contributed by atoms with E-state index in [2.05, 4.69) is 11.6 Å². The van der Waals surface area contributed by atoms with Crippen LogP contribution in [0.1, 0.15) is 0 Å². The van der Waals surface area contributed by atoms with E-state index in [0.29, 0.717) is 5.88 Å². The van der Waals surface area contributed by atoms with E-state index in [1.54, 1.807) is 0 Å². The van der Waals surface area contributed by atoms with E-state index < -0.39 is 0 Å². The van der Waals surface area contributed by atoms with Gasteiger partial charge in [0.2, 0.25) is 0 Å². The van der Waals surface area contributed by atoms with Crippen molar-refractivity contribution in [3.63, 3.8) is 0 Å². The first-order valence-electron chi connectivity index (χ1n) is 3.32. The zero-order valence-corrected chi connectivity index (χ0v) is 7.84. The van der Waals surface area contributed by atoms with Gasteiger partial charge in [-0.25, -0.2) is 0 Å². The largest absolute Gasteiger partial charge is 0.312 e. The average Bonchev–Trinajstić information content (AvgIpc) is 1.97. The van der Waals surface area contributed by atoms with Gasteiger partial charge in [-0.2, -0.15) is 11.8 Å². The molecular formula is C7H14ClNS. The smallest absolute Gasteiger partial charge is 0.0404 e. The van der Waals surface area contributed by atoms with Crippen LogP contribution >= 0.6 is 23.4 Å². The van der Waals surface area contributed by atoms with E-state index in [0.717, 1.165) is 13.1 Å². The van der Waals surface area contributed by atoms with Gasteiger partial charge in [-0.3, -0.25) is 0 Å². The van der Waals surface area contributed by atoms with Crippen LogP contribution in [0.3, 0.4) is 0 Å². The van der Waals surface area contributed by atoms with Crippen LogP contribution in [0.5, 0.6) is 0 Å². The number of hydrogen-bond acceptors (Lipinski definition) is 2. The Morgan fingerprint density at radius 3 is 2.90 bits per heavy atom. The Hall–Kier alpha value is 0.340. The van der Waals surface area contributed by atoms with Crippen molar-refractivity contribution in [2.75, 3.05) is 31.0 Å². The van der Waals surface area contributed by atoms with Gasteiger partial charge >= 0.3 is 0 Å². The van der Waals surface area contributed by atoms with Gasteiger partial charge < -0.3 is 5.32 Å². The van der Waals surface area contributed by atoms with Crippen molar-refractivity contribution in [3.05, 3.63) is 12.2 Å². The van der Waals surface area contributed by atoms with Gasteiger partial charge in [0.05, 0.1) is 0 Å². The van der Waals surface area contributed by atoms with Crippen molar-refractivity contribution in [1.82, 2.24) is 5.32 Å². The molecule has 0 aromatic heterocycles. The van der Waals surface area contributed by atoms with Crippen LogP contribution in [-0.4, -0.2) is 31.0 Å². The SMILES string of the molecule is CSCCNC/C=C/CCl. The Morgan fingerprint density at radius 1 is 1.50 bits per heavy atom. The summed E-state index contributed by atoms with van der Waals surface area (Å²) in [5.74, 6) is 1.79. The summed E-state index contributed by atoms with van der Waals surface area (Å²) in [7, 11) is 0. The van der Waals surface area contributed by atoms with Crippen molar-refractivity contribution in [3.8, 4) is 0 Å². The number of hydrogen-bond donors (Lipinski definition) is 1. The Balaban J connectivity index is 2.83. The maximum atomic E-state index is 5.42. The highest BCUT2D eigenvalue weighted by Gasteiger charge is 1.80. The van der Waals surface area contributed by atoms with Crippen LogP contribution in [-0.2, 0) is 0 Å². The molecule has 1 N–H and O–H groups in total. The molecule has 0 heterocycles. The molecule has 0 bridgehead atoms. The molecule has 0 saturated heterocycles. The lowest BCUT2D eigenvalue weighted by molar-refractivity contribution is 0.806. The van der Waals surface area contributed by atoms with Crippen molar-refractivity contribution >= 4 is 23.4 Å². The molecule has 0 fully saturated rings. The van der Waals surface area contributed by atoms with Crippen LogP contribution in [0.25, 0.3) is 0 Å². The van der Waals surface area contributed by atoms with E-state index in [4.69, 9.17) is 11.6 Å². The van der Waals surface area contributed by atoms with Crippen molar-refractivity contribution in [2.24, 2.45) is 0 Å². The maximum Gasteiger partial charge on any atom is 0.0404 e. The molecule has 0 aromatic carbocycles. The van der Waals surface area contributed by atoms with Crippen LogP contribution in [0, 0.1) is 0 Å². The molecule has 0 spiro atoms. The Morgan fingerprint density at radius 2 is 2.30 bits per heavy atom. The molecule has 0 aliphatic carbocycles. The third-order valence-electron chi connectivity index (χ3n) is 1.00. The fourth-order valence-electron chi connectivity index (χ4n) is 0.506. The highest BCUT2D eigenvalue weighted by Crippen LogP contribution is 1.86. The van der Waals surface area contributed by atoms with Crippen molar-refractivity contribution in [2.45, 2.75) is 0 Å². The summed E-state index contributed by atoms with van der Waals surface area (Å²) in [5, 5.41) is 3.25. The molecule has 0 radical (unpaired) electrons. The van der Waals surface area contributed by atoms with Gasteiger partial charge in [0, 0.05) is 24.7 Å². The van der Waals surface area contributed by atoms with Gasteiger partial charge in [-0.15, -0.1) is 11.6 Å². The summed E-state index contributed by atoms with van der Waals surface area (Å²) in [5.41, 5.74) is 0. The van der Waals surface area contributed by atoms with Crippen LogP contribution < -0.4 is 5.32 Å². The van der Waals surface area contributed by atoms with E-state index in [1.807, 2.05) is 23.9 Å². The number of thioether (sulfide) groups is 1. The van der Waals surface area contributed by atoms with Crippen LogP contribution in [0.4, 0.5) is 0 Å². The molecule has 0 amide bonds. The first-order chi connectivity index (χ1) is 4.91. The Bertz CT molecular complexity index is 85.7. The van der Waals surface area contributed by atoms with Crippen LogP contribution in [0.2, 0.25) is 0 Å². The van der Waals surface area contributed by atoms with Gasteiger partial charge in [-0.05, 0) is 6.26 Å². The quantitative estimate of drug-likeness (QED) is 0.379. The minimum absolute atomic E-state index is 0.615. The second-order valence-corrected chi connectivity index (χ2v) is 3.12. The highest BCUT2D eigenvalue weighted by atomic mass is 35.5. The van der Waals surface area contributed by atoms with Crippen LogP contribution in [0.15, 0.2) is 12.2 Å². The molecule has 0 atom stereocenters.